The van der Waals surface area contributed by atoms with Crippen LogP contribution >= 0.6 is 0 Å². The van der Waals surface area contributed by atoms with Crippen LogP contribution in [0.3, 0.4) is 0 Å². The Bertz CT molecular complexity index is 469. The molecule has 7 heteroatoms. The molecular formula is C14H24N4O3. The second-order valence-electron chi connectivity index (χ2n) is 6.18. The minimum Gasteiger partial charge on any atom is -0.390 e. The van der Waals surface area contributed by atoms with Crippen molar-refractivity contribution in [3.05, 3.63) is 22.5 Å². The van der Waals surface area contributed by atoms with Crippen molar-refractivity contribution in [3.8, 4) is 0 Å². The lowest BCUT2D eigenvalue weighted by molar-refractivity contribution is -0.385. The van der Waals surface area contributed by atoms with Gasteiger partial charge in [-0.15, -0.1) is 0 Å². The van der Waals surface area contributed by atoms with E-state index in [9.17, 15) is 15.2 Å². The summed E-state index contributed by atoms with van der Waals surface area (Å²) in [4.78, 5) is 12.3. The van der Waals surface area contributed by atoms with Crippen LogP contribution in [-0.2, 0) is 6.54 Å². The maximum atomic E-state index is 10.6. The first-order valence-electron chi connectivity index (χ1n) is 7.51. The van der Waals surface area contributed by atoms with Crippen LogP contribution in [0.2, 0.25) is 0 Å². The van der Waals surface area contributed by atoms with E-state index in [-0.39, 0.29) is 12.2 Å². The van der Waals surface area contributed by atoms with Crippen LogP contribution in [0.5, 0.6) is 0 Å². The summed E-state index contributed by atoms with van der Waals surface area (Å²) in [6.45, 7) is 3.13. The van der Waals surface area contributed by atoms with Gasteiger partial charge in [0.25, 0.3) is 0 Å². The van der Waals surface area contributed by atoms with E-state index in [1.54, 1.807) is 0 Å². The maximum Gasteiger partial charge on any atom is 0.306 e. The standard InChI is InChI=1S/C14H24N4O3/c1-11-3-5-12(6-4-11)16(2)9-14(19)10-17-8-13(7-15-17)18(20)21/h7-8,11-12,14,19H,3-6,9-10H2,1-2H3. The van der Waals surface area contributed by atoms with Crippen LogP contribution in [0.1, 0.15) is 32.6 Å². The first kappa shape index (κ1) is 15.9. The van der Waals surface area contributed by atoms with Crippen molar-refractivity contribution in [3.63, 3.8) is 0 Å². The van der Waals surface area contributed by atoms with Gasteiger partial charge >= 0.3 is 5.69 Å². The fourth-order valence-corrected chi connectivity index (χ4v) is 2.99. The van der Waals surface area contributed by atoms with Crippen molar-refractivity contribution in [2.75, 3.05) is 13.6 Å². The van der Waals surface area contributed by atoms with Crippen molar-refractivity contribution in [1.29, 1.82) is 0 Å². The van der Waals surface area contributed by atoms with E-state index >= 15 is 0 Å². The van der Waals surface area contributed by atoms with Gasteiger partial charge in [-0.1, -0.05) is 6.92 Å². The normalized spacial score (nSPS) is 24.2. The fraction of sp³-hybridized carbons (Fsp3) is 0.786. The molecule has 118 valence electrons. The van der Waals surface area contributed by atoms with Gasteiger partial charge in [-0.2, -0.15) is 5.10 Å². The molecule has 0 spiro atoms. The van der Waals surface area contributed by atoms with Gasteiger partial charge in [0.2, 0.25) is 0 Å². The molecular weight excluding hydrogens is 272 g/mol. The highest BCUT2D eigenvalue weighted by Crippen LogP contribution is 2.26. The average molecular weight is 296 g/mol. The Labute approximate surface area is 124 Å². The molecule has 1 aliphatic carbocycles. The average Bonchev–Trinajstić information content (AvgIpc) is 2.87. The Morgan fingerprint density at radius 2 is 2.19 bits per heavy atom. The number of hydrogen-bond acceptors (Lipinski definition) is 5. The number of nitrogens with zero attached hydrogens (tertiary/aromatic N) is 4. The highest BCUT2D eigenvalue weighted by atomic mass is 16.6. The minimum atomic E-state index is -0.575. The van der Waals surface area contributed by atoms with E-state index < -0.39 is 11.0 Å². The van der Waals surface area contributed by atoms with Crippen molar-refractivity contribution >= 4 is 5.69 Å². The Morgan fingerprint density at radius 1 is 1.52 bits per heavy atom. The summed E-state index contributed by atoms with van der Waals surface area (Å²) in [6, 6.07) is 0.530. The molecule has 1 heterocycles. The summed E-state index contributed by atoms with van der Waals surface area (Å²) in [7, 11) is 2.04. The van der Waals surface area contributed by atoms with Gasteiger partial charge in [0.1, 0.15) is 12.4 Å². The van der Waals surface area contributed by atoms with Crippen LogP contribution < -0.4 is 0 Å². The molecule has 2 rings (SSSR count). The Morgan fingerprint density at radius 3 is 2.76 bits per heavy atom. The van der Waals surface area contributed by atoms with Gasteiger partial charge in [-0.3, -0.25) is 14.8 Å². The van der Waals surface area contributed by atoms with Crippen molar-refractivity contribution in [2.45, 2.75) is 51.3 Å². The van der Waals surface area contributed by atoms with Crippen LogP contribution in [0.25, 0.3) is 0 Å². The molecule has 1 saturated carbocycles. The summed E-state index contributed by atoms with van der Waals surface area (Å²) in [5, 5.41) is 24.6. The second-order valence-corrected chi connectivity index (χ2v) is 6.18. The molecule has 21 heavy (non-hydrogen) atoms. The molecule has 0 amide bonds. The highest BCUT2D eigenvalue weighted by molar-refractivity contribution is 5.20. The first-order chi connectivity index (χ1) is 9.95. The zero-order valence-electron chi connectivity index (χ0n) is 12.7. The number of hydrogen-bond donors (Lipinski definition) is 1. The van der Waals surface area contributed by atoms with Gasteiger partial charge < -0.3 is 10.0 Å². The highest BCUT2D eigenvalue weighted by Gasteiger charge is 2.23. The SMILES string of the molecule is CC1CCC(N(C)CC(O)Cn2cc([N+](=O)[O-])cn2)CC1. The predicted octanol–water partition coefficient (Wildman–Crippen LogP) is 1.66. The number of rotatable bonds is 6. The molecule has 1 aliphatic rings. The Balaban J connectivity index is 1.80. The molecule has 1 aromatic rings. The third kappa shape index (κ3) is 4.50. The smallest absolute Gasteiger partial charge is 0.306 e. The number of aliphatic hydroxyl groups excluding tert-OH is 1. The zero-order chi connectivity index (χ0) is 15.4. The second kappa shape index (κ2) is 7.00. The molecule has 1 atom stereocenters. The minimum absolute atomic E-state index is 0.0446. The summed E-state index contributed by atoms with van der Waals surface area (Å²) < 4.78 is 1.43. The van der Waals surface area contributed by atoms with Crippen LogP contribution in [-0.4, -0.2) is 50.4 Å². The van der Waals surface area contributed by atoms with Gasteiger partial charge in [0, 0.05) is 12.6 Å². The number of nitro groups is 1. The monoisotopic (exact) mass is 296 g/mol. The fourth-order valence-electron chi connectivity index (χ4n) is 2.99. The van der Waals surface area contributed by atoms with Crippen LogP contribution in [0.4, 0.5) is 5.69 Å². The molecule has 1 fully saturated rings. The van der Waals surface area contributed by atoms with E-state index in [1.807, 2.05) is 7.05 Å². The molecule has 1 unspecified atom stereocenters. The van der Waals surface area contributed by atoms with E-state index in [0.717, 1.165) is 5.92 Å². The van der Waals surface area contributed by atoms with Crippen molar-refractivity contribution in [1.82, 2.24) is 14.7 Å². The Kier molecular flexibility index (Phi) is 5.30. The Hall–Kier alpha value is -1.47. The van der Waals surface area contributed by atoms with Crippen LogP contribution in [0, 0.1) is 16.0 Å². The van der Waals surface area contributed by atoms with E-state index in [1.165, 1.54) is 42.8 Å². The topological polar surface area (TPSA) is 84.4 Å². The van der Waals surface area contributed by atoms with E-state index in [4.69, 9.17) is 0 Å². The molecule has 1 N–H and O–H groups in total. The third-order valence-electron chi connectivity index (χ3n) is 4.34. The van der Waals surface area contributed by atoms with Crippen molar-refractivity contribution < 1.29 is 10.0 Å². The molecule has 0 aromatic carbocycles. The van der Waals surface area contributed by atoms with Crippen molar-refractivity contribution in [2.24, 2.45) is 5.92 Å². The third-order valence-corrected chi connectivity index (χ3v) is 4.34. The van der Waals surface area contributed by atoms with Gasteiger partial charge in [-0.05, 0) is 38.6 Å². The number of aliphatic hydroxyl groups is 1. The van der Waals surface area contributed by atoms with E-state index in [0.29, 0.717) is 12.6 Å². The number of likely N-dealkylation sites (N-methyl/N-ethyl adjacent to an activating group) is 1. The van der Waals surface area contributed by atoms with E-state index in [2.05, 4.69) is 16.9 Å². The molecule has 0 aliphatic heterocycles. The van der Waals surface area contributed by atoms with Gasteiger partial charge in [0.15, 0.2) is 0 Å². The lowest BCUT2D eigenvalue weighted by Gasteiger charge is -2.34. The van der Waals surface area contributed by atoms with Crippen LogP contribution in [0.15, 0.2) is 12.4 Å². The summed E-state index contributed by atoms with van der Waals surface area (Å²) >= 11 is 0. The number of aromatic nitrogens is 2. The zero-order valence-corrected chi connectivity index (χ0v) is 12.7. The maximum absolute atomic E-state index is 10.6. The lowest BCUT2D eigenvalue weighted by atomic mass is 9.86. The lowest BCUT2D eigenvalue weighted by Crippen LogP contribution is -2.40. The van der Waals surface area contributed by atoms with Gasteiger partial charge in [0.05, 0.1) is 17.6 Å². The summed E-state index contributed by atoms with van der Waals surface area (Å²) in [5.74, 6) is 0.809. The molecule has 0 radical (unpaired) electrons. The first-order valence-corrected chi connectivity index (χ1v) is 7.51. The summed E-state index contributed by atoms with van der Waals surface area (Å²) in [6.07, 6.45) is 6.83. The predicted molar refractivity (Wildman–Crippen MR) is 78.9 cm³/mol. The molecule has 0 saturated heterocycles. The largest absolute Gasteiger partial charge is 0.390 e. The molecule has 7 nitrogen and oxygen atoms in total. The summed E-state index contributed by atoms with van der Waals surface area (Å²) in [5.41, 5.74) is -0.0446. The van der Waals surface area contributed by atoms with Gasteiger partial charge in [-0.25, -0.2) is 0 Å². The molecule has 1 aromatic heterocycles. The quantitative estimate of drug-likeness (QED) is 0.637. The molecule has 0 bridgehead atoms.